The number of hydrogen-bond donors (Lipinski definition) is 0. The molecule has 566 valence electrons. The Labute approximate surface area is 671 Å². The molecule has 8 heterocycles. The van der Waals surface area contributed by atoms with Gasteiger partial charge < -0.3 is 9.47 Å². The first kappa shape index (κ1) is 80.8. The summed E-state index contributed by atoms with van der Waals surface area (Å²) < 4.78 is 70.5. The standard InChI is InChI=1S/C88H106Cl2F2N4O2S8/c1-11-17-21-23-25-27-29-31-33-35-43-97-85-54(8)76(82-81(56(85)10)93-105-94-82)69-41-39-67(100-69)59-48-66(92)60(49-65(59)91)68-40-42-70(101-68)80-84-83(95-106-96-84)77(55(9)86(80)98-44-36-34-32-30-28-26-24-22-18-12-2)73-50-62-79(75-52-64(90)72(103-75)47-58(16-6)38-20-14-4)87-61(45-53(7)99-87)78(88(62)104-73)74-51-63(89)71(102-74)46-57(15-5)37-19-13-3/h39-42,45,48-52,57-58H,11-38,43-44,46-47H2,1-10H3. The molecule has 0 saturated heterocycles. The van der Waals surface area contributed by atoms with Gasteiger partial charge in [0.15, 0.2) is 0 Å². The molecule has 0 aliphatic rings. The monoisotopic (exact) mass is 1610 g/mol. The SMILES string of the molecule is CCCCCCCCCCCCOc1c(C)c(-c2ccc(-c3cc(F)c(-c4ccc(-c5c(OCCCCCCCCCCCC)c(C)c(-c6cc7c(-c8cc(Cl)c(CC(CC)CCCC)s8)c8sc(C)cc8c(-c8cc(Cl)c(CC(CC)CCCC)s8)c7s6)c6nsnc56)s4)cc3F)s2)c2nsnc2c1C. The number of ether oxygens (including phenoxy) is 2. The van der Waals surface area contributed by atoms with E-state index in [1.807, 2.05) is 69.6 Å². The first-order valence-corrected chi connectivity index (χ1v) is 46.9. The summed E-state index contributed by atoms with van der Waals surface area (Å²) in [4.78, 5) is 10.2. The number of halogens is 4. The smallest absolute Gasteiger partial charge is 0.133 e. The van der Waals surface area contributed by atoms with E-state index in [-0.39, 0.29) is 11.1 Å². The van der Waals surface area contributed by atoms with Gasteiger partial charge in [0.05, 0.1) is 52.3 Å². The maximum atomic E-state index is 17.2. The van der Waals surface area contributed by atoms with Crippen LogP contribution in [0, 0.1) is 51.2 Å². The van der Waals surface area contributed by atoms with Crippen molar-refractivity contribution < 1.29 is 18.3 Å². The third-order valence-electron chi connectivity index (χ3n) is 21.7. The molecule has 18 heteroatoms. The van der Waals surface area contributed by atoms with E-state index in [1.165, 1.54) is 249 Å². The third-order valence-corrected chi connectivity index (χ3v) is 30.5. The van der Waals surface area contributed by atoms with Crippen molar-refractivity contribution in [2.24, 2.45) is 11.8 Å². The van der Waals surface area contributed by atoms with E-state index in [2.05, 4.69) is 93.5 Å². The quantitative estimate of drug-likeness (QED) is 0.0355. The summed E-state index contributed by atoms with van der Waals surface area (Å²) >= 11 is 27.5. The second-order valence-electron chi connectivity index (χ2n) is 29.5. The Kier molecular flexibility index (Phi) is 29.7. The first-order chi connectivity index (χ1) is 51.7. The van der Waals surface area contributed by atoms with E-state index in [0.717, 1.165) is 149 Å². The van der Waals surface area contributed by atoms with Gasteiger partial charge in [-0.25, -0.2) is 8.78 Å². The predicted octanol–water partition coefficient (Wildman–Crippen LogP) is 33.0. The van der Waals surface area contributed by atoms with Crippen LogP contribution in [0.3, 0.4) is 0 Å². The van der Waals surface area contributed by atoms with Crippen molar-refractivity contribution in [1.82, 2.24) is 17.5 Å². The van der Waals surface area contributed by atoms with Crippen LogP contribution in [0.15, 0.2) is 60.7 Å². The number of fused-ring (bicyclic) bond motifs is 4. The van der Waals surface area contributed by atoms with Gasteiger partial charge in [0.25, 0.3) is 0 Å². The summed E-state index contributed by atoms with van der Waals surface area (Å²) in [5, 5.41) is 4.14. The molecule has 0 spiro atoms. The fourth-order valence-corrected chi connectivity index (χ4v) is 24.7. The summed E-state index contributed by atoms with van der Waals surface area (Å²) in [5.74, 6) is 1.73. The molecule has 0 saturated carbocycles. The van der Waals surface area contributed by atoms with Crippen LogP contribution in [-0.4, -0.2) is 30.7 Å². The van der Waals surface area contributed by atoms with E-state index in [0.29, 0.717) is 34.8 Å². The molecule has 0 radical (unpaired) electrons. The summed E-state index contributed by atoms with van der Waals surface area (Å²) in [6, 6.07) is 19.9. The van der Waals surface area contributed by atoms with Gasteiger partial charge in [-0.3, -0.25) is 0 Å². The molecule has 2 unspecified atom stereocenters. The van der Waals surface area contributed by atoms with Crippen molar-refractivity contribution in [2.45, 2.75) is 262 Å². The van der Waals surface area contributed by atoms with Crippen LogP contribution in [0.1, 0.15) is 253 Å². The molecule has 0 bridgehead atoms. The van der Waals surface area contributed by atoms with Gasteiger partial charge >= 0.3 is 0 Å². The lowest BCUT2D eigenvalue weighted by Gasteiger charge is -2.17. The number of rotatable bonds is 43. The topological polar surface area (TPSA) is 70.0 Å². The van der Waals surface area contributed by atoms with Crippen molar-refractivity contribution in [3.05, 3.63) is 114 Å². The second kappa shape index (κ2) is 39.0. The van der Waals surface area contributed by atoms with E-state index < -0.39 is 11.6 Å². The summed E-state index contributed by atoms with van der Waals surface area (Å²) in [5.41, 5.74) is 11.7. The molecular weight excluding hydrogens is 1510 g/mol. The molecular formula is C88H106Cl2F2N4O2S8. The Hall–Kier alpha value is -4.72. The number of unbranched alkanes of at least 4 members (excludes halogenated alkanes) is 20. The Morgan fingerprint density at radius 2 is 0.755 bits per heavy atom. The molecule has 0 N–H and O–H groups in total. The minimum absolute atomic E-state index is 0.200. The summed E-state index contributed by atoms with van der Waals surface area (Å²) in [6.07, 6.45) is 36.1. The van der Waals surface area contributed by atoms with Crippen LogP contribution >= 0.6 is 115 Å². The summed E-state index contributed by atoms with van der Waals surface area (Å²) in [7, 11) is 0. The second-order valence-corrected chi connectivity index (χ2v) is 38.1. The molecule has 0 fully saturated rings. The van der Waals surface area contributed by atoms with Crippen LogP contribution in [-0.2, 0) is 12.8 Å². The van der Waals surface area contributed by atoms with Crippen LogP contribution in [0.25, 0.3) is 115 Å². The van der Waals surface area contributed by atoms with Gasteiger partial charge in [0.2, 0.25) is 0 Å². The van der Waals surface area contributed by atoms with Crippen LogP contribution in [0.2, 0.25) is 10.0 Å². The Bertz CT molecular complexity index is 4770. The molecule has 6 nitrogen and oxygen atoms in total. The minimum atomic E-state index is -0.501. The highest BCUT2D eigenvalue weighted by Gasteiger charge is 2.31. The van der Waals surface area contributed by atoms with Crippen LogP contribution in [0.5, 0.6) is 11.5 Å². The molecule has 106 heavy (non-hydrogen) atoms. The fraction of sp³-hybridized carbons (Fsp3) is 0.500. The van der Waals surface area contributed by atoms with Crippen molar-refractivity contribution in [3.8, 4) is 84.6 Å². The molecule has 2 atom stereocenters. The number of thiophene rings is 6. The highest BCUT2D eigenvalue weighted by Crippen LogP contribution is 2.57. The molecule has 8 aromatic heterocycles. The highest BCUT2D eigenvalue weighted by molar-refractivity contribution is 7.25. The maximum absolute atomic E-state index is 17.2. The Morgan fingerprint density at radius 1 is 0.368 bits per heavy atom. The molecule has 0 aliphatic heterocycles. The van der Waals surface area contributed by atoms with E-state index in [9.17, 15) is 0 Å². The zero-order valence-electron chi connectivity index (χ0n) is 63.9. The highest BCUT2D eigenvalue weighted by atomic mass is 35.5. The Morgan fingerprint density at radius 3 is 1.25 bits per heavy atom. The van der Waals surface area contributed by atoms with E-state index >= 15 is 8.78 Å². The van der Waals surface area contributed by atoms with Gasteiger partial charge in [-0.1, -0.05) is 232 Å². The van der Waals surface area contributed by atoms with E-state index in [4.69, 9.17) is 50.2 Å². The lowest BCUT2D eigenvalue weighted by Crippen LogP contribution is -2.02. The maximum Gasteiger partial charge on any atom is 0.133 e. The van der Waals surface area contributed by atoms with Crippen molar-refractivity contribution in [1.29, 1.82) is 0 Å². The zero-order chi connectivity index (χ0) is 74.4. The molecule has 0 amide bonds. The van der Waals surface area contributed by atoms with Gasteiger partial charge in [0, 0.05) is 119 Å². The van der Waals surface area contributed by atoms with Crippen LogP contribution < -0.4 is 9.47 Å². The Balaban J connectivity index is 0.904. The lowest BCUT2D eigenvalue weighted by molar-refractivity contribution is 0.301. The average Bonchev–Trinajstić information content (AvgIpc) is 1.56. The minimum Gasteiger partial charge on any atom is -0.493 e. The number of hydrogen-bond acceptors (Lipinski definition) is 14. The van der Waals surface area contributed by atoms with Gasteiger partial charge in [-0.15, -0.1) is 68.0 Å². The predicted molar refractivity (Wildman–Crippen MR) is 466 cm³/mol. The van der Waals surface area contributed by atoms with Gasteiger partial charge in [-0.05, 0) is 126 Å². The van der Waals surface area contributed by atoms with Gasteiger partial charge in [-0.2, -0.15) is 17.5 Å². The fourth-order valence-electron chi connectivity index (χ4n) is 15.5. The van der Waals surface area contributed by atoms with Crippen molar-refractivity contribution in [3.63, 3.8) is 0 Å². The third kappa shape index (κ3) is 18.6. The summed E-state index contributed by atoms with van der Waals surface area (Å²) in [6.45, 7) is 23.5. The van der Waals surface area contributed by atoms with Gasteiger partial charge in [0.1, 0.15) is 45.2 Å². The number of aryl methyl sites for hydroxylation is 2. The first-order valence-electron chi connectivity index (χ1n) is 39.8. The molecule has 4 aromatic carbocycles. The number of aromatic nitrogens is 4. The molecule has 12 aromatic rings. The number of nitrogens with zero attached hydrogens (tertiary/aromatic N) is 4. The number of benzene rings is 4. The normalized spacial score (nSPS) is 12.6. The van der Waals surface area contributed by atoms with Crippen molar-refractivity contribution >= 4 is 157 Å². The van der Waals surface area contributed by atoms with E-state index in [1.54, 1.807) is 0 Å². The molecule has 12 rings (SSSR count). The molecule has 0 aliphatic carbocycles. The van der Waals surface area contributed by atoms with Crippen LogP contribution in [0.4, 0.5) is 8.78 Å². The average molecular weight is 1620 g/mol. The zero-order valence-corrected chi connectivity index (χ0v) is 72.0. The lowest BCUT2D eigenvalue weighted by atomic mass is 9.95. The van der Waals surface area contributed by atoms with Crippen molar-refractivity contribution in [2.75, 3.05) is 13.2 Å². The largest absolute Gasteiger partial charge is 0.493 e.